The molecule has 1 amide bonds. The second-order valence-electron chi connectivity index (χ2n) is 4.91. The highest BCUT2D eigenvalue weighted by molar-refractivity contribution is 6.02. The molecular weight excluding hydrogens is 287 g/mol. The van der Waals surface area contributed by atoms with E-state index < -0.39 is 23.4 Å². The fourth-order valence-corrected chi connectivity index (χ4v) is 2.64. The van der Waals surface area contributed by atoms with Crippen molar-refractivity contribution in [2.45, 2.75) is 11.6 Å². The van der Waals surface area contributed by atoms with E-state index in [9.17, 15) is 14.3 Å². The topological polar surface area (TPSA) is 98.1 Å². The summed E-state index contributed by atoms with van der Waals surface area (Å²) in [7, 11) is 0. The van der Waals surface area contributed by atoms with Crippen molar-refractivity contribution in [3.8, 4) is 0 Å². The van der Waals surface area contributed by atoms with E-state index in [1.807, 2.05) is 0 Å². The maximum absolute atomic E-state index is 13.1. The fourth-order valence-electron chi connectivity index (χ4n) is 2.64. The van der Waals surface area contributed by atoms with Gasteiger partial charge in [0, 0.05) is 16.2 Å². The summed E-state index contributed by atoms with van der Waals surface area (Å²) in [6, 6.07) is 11.6. The maximum atomic E-state index is 13.1. The number of nitrogens with zero attached hydrogens (tertiary/aromatic N) is 3. The Bertz CT molecular complexity index is 786. The van der Waals surface area contributed by atoms with Crippen molar-refractivity contribution < 1.29 is 14.3 Å². The molecule has 0 aliphatic carbocycles. The molecule has 0 fully saturated rings. The van der Waals surface area contributed by atoms with Crippen molar-refractivity contribution in [1.29, 1.82) is 0 Å². The Morgan fingerprint density at radius 3 is 2.59 bits per heavy atom. The molecule has 110 valence electrons. The molecule has 0 saturated carbocycles. The van der Waals surface area contributed by atoms with Crippen molar-refractivity contribution in [2.75, 3.05) is 5.32 Å². The van der Waals surface area contributed by atoms with Crippen LogP contribution < -0.4 is 5.32 Å². The smallest absolute Gasteiger partial charge is 0.244 e. The highest BCUT2D eigenvalue weighted by atomic mass is 19.1. The van der Waals surface area contributed by atoms with Gasteiger partial charge in [-0.1, -0.05) is 35.4 Å². The first-order chi connectivity index (χ1) is 10.6. The first-order valence-electron chi connectivity index (χ1n) is 6.50. The predicted molar refractivity (Wildman–Crippen MR) is 77.3 cm³/mol. The lowest BCUT2D eigenvalue weighted by atomic mass is 9.78. The maximum Gasteiger partial charge on any atom is 0.244 e. The minimum absolute atomic E-state index is 0.214. The Morgan fingerprint density at radius 1 is 1.23 bits per heavy atom. The van der Waals surface area contributed by atoms with Crippen LogP contribution in [0.25, 0.3) is 10.4 Å². The number of amides is 1. The third-order valence-electron chi connectivity index (χ3n) is 3.73. The van der Waals surface area contributed by atoms with E-state index >= 15 is 0 Å². The summed E-state index contributed by atoms with van der Waals surface area (Å²) in [6.45, 7) is 0. The lowest BCUT2D eigenvalue weighted by Crippen LogP contribution is -2.47. The number of azide groups is 1. The van der Waals surface area contributed by atoms with E-state index in [0.29, 0.717) is 11.3 Å². The molecule has 0 spiro atoms. The standard InChI is InChI=1S/C15H11FN4O2/c16-10-7-5-9(6-8-10)15(19-20-17)13(21)11-3-1-2-4-12(11)18-14(15)22/h1-8,13,21H,(H,18,22). The van der Waals surface area contributed by atoms with Gasteiger partial charge in [0.25, 0.3) is 0 Å². The molecule has 1 aliphatic heterocycles. The Labute approximate surface area is 124 Å². The lowest BCUT2D eigenvalue weighted by Gasteiger charge is -2.37. The quantitative estimate of drug-likeness (QED) is 0.506. The molecule has 1 aliphatic rings. The van der Waals surface area contributed by atoms with E-state index in [1.165, 1.54) is 12.1 Å². The van der Waals surface area contributed by atoms with Crippen molar-refractivity contribution in [3.05, 3.63) is 75.9 Å². The van der Waals surface area contributed by atoms with Gasteiger partial charge in [0.1, 0.15) is 11.9 Å². The summed E-state index contributed by atoms with van der Waals surface area (Å²) < 4.78 is 13.1. The highest BCUT2D eigenvalue weighted by Gasteiger charge is 2.50. The molecule has 0 saturated heterocycles. The van der Waals surface area contributed by atoms with Crippen LogP contribution in [0, 0.1) is 5.82 Å². The molecule has 7 heteroatoms. The number of para-hydroxylation sites is 1. The van der Waals surface area contributed by atoms with Gasteiger partial charge in [0.2, 0.25) is 5.91 Å². The third kappa shape index (κ3) is 1.92. The Kier molecular flexibility index (Phi) is 3.29. The predicted octanol–water partition coefficient (Wildman–Crippen LogP) is 3.02. The number of halogens is 1. The monoisotopic (exact) mass is 298 g/mol. The zero-order chi connectivity index (χ0) is 15.7. The number of rotatable bonds is 2. The van der Waals surface area contributed by atoms with Crippen LogP contribution in [0.5, 0.6) is 0 Å². The molecule has 2 N–H and O–H groups in total. The second kappa shape index (κ2) is 5.14. The van der Waals surface area contributed by atoms with Crippen LogP contribution in [-0.4, -0.2) is 11.0 Å². The van der Waals surface area contributed by atoms with Gasteiger partial charge in [-0.15, -0.1) is 0 Å². The molecule has 2 atom stereocenters. The van der Waals surface area contributed by atoms with Crippen LogP contribution in [0.4, 0.5) is 10.1 Å². The molecule has 1 heterocycles. The average molecular weight is 298 g/mol. The van der Waals surface area contributed by atoms with Gasteiger partial charge in [0.05, 0.1) is 0 Å². The van der Waals surface area contributed by atoms with Crippen molar-refractivity contribution in [2.24, 2.45) is 5.11 Å². The van der Waals surface area contributed by atoms with Gasteiger partial charge in [0.15, 0.2) is 5.54 Å². The fraction of sp³-hybridized carbons (Fsp3) is 0.133. The minimum atomic E-state index is -1.88. The van der Waals surface area contributed by atoms with Crippen LogP contribution in [-0.2, 0) is 10.3 Å². The van der Waals surface area contributed by atoms with Gasteiger partial charge in [-0.3, -0.25) is 4.79 Å². The summed E-state index contributed by atoms with van der Waals surface area (Å²) in [5.74, 6) is -1.16. The normalized spacial score (nSPS) is 23.2. The number of aliphatic hydroxyl groups excluding tert-OH is 1. The number of anilines is 1. The summed E-state index contributed by atoms with van der Waals surface area (Å²) in [5.41, 5.74) is 8.09. The van der Waals surface area contributed by atoms with E-state index in [0.717, 1.165) is 12.1 Å². The number of hydrogen-bond acceptors (Lipinski definition) is 3. The number of aliphatic hydroxyl groups is 1. The zero-order valence-electron chi connectivity index (χ0n) is 11.3. The molecule has 22 heavy (non-hydrogen) atoms. The lowest BCUT2D eigenvalue weighted by molar-refractivity contribution is -0.126. The average Bonchev–Trinajstić information content (AvgIpc) is 2.52. The Hall–Kier alpha value is -2.89. The van der Waals surface area contributed by atoms with Crippen molar-refractivity contribution in [1.82, 2.24) is 0 Å². The molecular formula is C15H11FN4O2. The largest absolute Gasteiger partial charge is 0.387 e. The SMILES string of the molecule is [N-]=[N+]=NC1(c2ccc(F)cc2)C(=O)Nc2ccccc2C1O. The van der Waals surface area contributed by atoms with Crippen LogP contribution in [0.1, 0.15) is 17.2 Å². The van der Waals surface area contributed by atoms with Gasteiger partial charge >= 0.3 is 0 Å². The summed E-state index contributed by atoms with van der Waals surface area (Å²) in [5, 5.41) is 16.9. The summed E-state index contributed by atoms with van der Waals surface area (Å²) in [4.78, 5) is 15.2. The number of carbonyl (C=O) groups is 1. The molecule has 0 radical (unpaired) electrons. The molecule has 2 unspecified atom stereocenters. The van der Waals surface area contributed by atoms with Gasteiger partial charge in [-0.25, -0.2) is 4.39 Å². The number of nitrogens with one attached hydrogen (secondary N) is 1. The third-order valence-corrected chi connectivity index (χ3v) is 3.73. The summed E-state index contributed by atoms with van der Waals surface area (Å²) in [6.07, 6.45) is -1.38. The minimum Gasteiger partial charge on any atom is -0.387 e. The van der Waals surface area contributed by atoms with Crippen LogP contribution in [0.15, 0.2) is 53.6 Å². The van der Waals surface area contributed by atoms with Crippen molar-refractivity contribution >= 4 is 11.6 Å². The number of hydrogen-bond donors (Lipinski definition) is 2. The molecule has 6 nitrogen and oxygen atoms in total. The summed E-state index contributed by atoms with van der Waals surface area (Å²) >= 11 is 0. The zero-order valence-corrected chi connectivity index (χ0v) is 11.3. The number of benzene rings is 2. The first kappa shape index (κ1) is 14.1. The van der Waals surface area contributed by atoms with E-state index in [4.69, 9.17) is 5.53 Å². The Balaban J connectivity index is 2.25. The first-order valence-corrected chi connectivity index (χ1v) is 6.50. The number of carbonyl (C=O) groups excluding carboxylic acids is 1. The van der Waals surface area contributed by atoms with Crippen molar-refractivity contribution in [3.63, 3.8) is 0 Å². The highest BCUT2D eigenvalue weighted by Crippen LogP contribution is 2.45. The molecule has 2 aromatic rings. The van der Waals surface area contributed by atoms with E-state index in [2.05, 4.69) is 15.3 Å². The second-order valence-corrected chi connectivity index (χ2v) is 4.91. The molecule has 3 rings (SSSR count). The molecule has 2 aromatic carbocycles. The van der Waals surface area contributed by atoms with Crippen LogP contribution in [0.2, 0.25) is 0 Å². The van der Waals surface area contributed by atoms with Crippen LogP contribution in [0.3, 0.4) is 0 Å². The Morgan fingerprint density at radius 2 is 1.91 bits per heavy atom. The van der Waals surface area contributed by atoms with E-state index in [1.54, 1.807) is 24.3 Å². The van der Waals surface area contributed by atoms with Crippen LogP contribution >= 0.6 is 0 Å². The van der Waals surface area contributed by atoms with Gasteiger partial charge in [-0.2, -0.15) is 0 Å². The number of fused-ring (bicyclic) bond motifs is 1. The van der Waals surface area contributed by atoms with Gasteiger partial charge < -0.3 is 10.4 Å². The molecule has 0 bridgehead atoms. The molecule has 0 aromatic heterocycles. The van der Waals surface area contributed by atoms with E-state index in [-0.39, 0.29) is 5.56 Å². The van der Waals surface area contributed by atoms with Gasteiger partial charge in [-0.05, 0) is 29.3 Å².